The maximum atomic E-state index is 11.6. The molecular formula is C16H14ClN5O3. The lowest BCUT2D eigenvalue weighted by atomic mass is 10.1. The highest BCUT2D eigenvalue weighted by Gasteiger charge is 2.31. The first-order valence-corrected chi connectivity index (χ1v) is 7.79. The van der Waals surface area contributed by atoms with E-state index in [9.17, 15) is 14.9 Å². The minimum Gasteiger partial charge on any atom is -0.299 e. The molecule has 0 fully saturated rings. The quantitative estimate of drug-likeness (QED) is 0.461. The lowest BCUT2D eigenvalue weighted by molar-refractivity contribution is -0.385. The molecule has 1 aliphatic rings. The van der Waals surface area contributed by atoms with Crippen LogP contribution in [0.2, 0.25) is 5.02 Å². The predicted octanol–water partition coefficient (Wildman–Crippen LogP) is 3.69. The third-order valence-corrected chi connectivity index (χ3v) is 4.04. The van der Waals surface area contributed by atoms with E-state index in [-0.39, 0.29) is 5.69 Å². The number of aldehydes is 1. The lowest BCUT2D eigenvalue weighted by Gasteiger charge is -2.23. The number of carbonyl (C=O) groups is 1. The zero-order valence-electron chi connectivity index (χ0n) is 13.2. The summed E-state index contributed by atoms with van der Waals surface area (Å²) in [6, 6.07) is 11.8. The molecule has 0 amide bonds. The Labute approximate surface area is 148 Å². The summed E-state index contributed by atoms with van der Waals surface area (Å²) in [5, 5.41) is 22.5. The fourth-order valence-corrected chi connectivity index (χ4v) is 2.79. The van der Waals surface area contributed by atoms with Gasteiger partial charge in [0.2, 0.25) is 0 Å². The van der Waals surface area contributed by atoms with Crippen molar-refractivity contribution in [2.24, 2.45) is 10.4 Å². The van der Waals surface area contributed by atoms with Crippen molar-refractivity contribution < 1.29 is 9.72 Å². The second kappa shape index (κ2) is 6.86. The molecule has 0 saturated carbocycles. The number of halogens is 1. The van der Waals surface area contributed by atoms with Gasteiger partial charge >= 0.3 is 0 Å². The molecule has 0 aromatic heterocycles. The van der Waals surface area contributed by atoms with E-state index < -0.39 is 11.1 Å². The van der Waals surface area contributed by atoms with Crippen molar-refractivity contribution in [2.75, 3.05) is 5.01 Å². The minimum absolute atomic E-state index is 0.0549. The molecular weight excluding hydrogens is 346 g/mol. The molecule has 1 unspecified atom stereocenters. The van der Waals surface area contributed by atoms with Crippen LogP contribution in [-0.2, 0) is 11.3 Å². The van der Waals surface area contributed by atoms with Crippen LogP contribution in [0.1, 0.15) is 11.1 Å². The molecule has 0 N–H and O–H groups in total. The third kappa shape index (κ3) is 3.43. The Hall–Kier alpha value is -3.00. The summed E-state index contributed by atoms with van der Waals surface area (Å²) in [6.07, 6.45) is 0.0213. The van der Waals surface area contributed by atoms with E-state index in [1.807, 2.05) is 0 Å². The van der Waals surface area contributed by atoms with Crippen molar-refractivity contribution >= 4 is 29.3 Å². The van der Waals surface area contributed by atoms with Crippen LogP contribution in [0.5, 0.6) is 0 Å². The standard InChI is InChI=1S/C16H14ClN5O3/c1-11-7-12(5-6-15(11)22(24)25)9-20-16(10-23)21(19-18-20)14-4-2-3-13(17)8-14/h2-8,10,16H,9H2,1H3. The highest BCUT2D eigenvalue weighted by atomic mass is 35.5. The number of nitrogens with zero attached hydrogens (tertiary/aromatic N) is 5. The molecule has 1 aliphatic heterocycles. The van der Waals surface area contributed by atoms with Crippen LogP contribution < -0.4 is 5.01 Å². The van der Waals surface area contributed by atoms with Gasteiger partial charge in [-0.05, 0) is 42.0 Å². The van der Waals surface area contributed by atoms with E-state index in [1.165, 1.54) is 16.1 Å². The summed E-state index contributed by atoms with van der Waals surface area (Å²) < 4.78 is 0. The van der Waals surface area contributed by atoms with E-state index in [0.717, 1.165) is 11.8 Å². The Morgan fingerprint density at radius 1 is 1.28 bits per heavy atom. The van der Waals surface area contributed by atoms with Gasteiger partial charge in [-0.1, -0.05) is 29.0 Å². The number of hydrogen-bond donors (Lipinski definition) is 0. The van der Waals surface area contributed by atoms with Crippen molar-refractivity contribution in [1.29, 1.82) is 0 Å². The van der Waals surface area contributed by atoms with Gasteiger partial charge in [0.25, 0.3) is 5.69 Å². The first kappa shape index (κ1) is 16.8. The largest absolute Gasteiger partial charge is 0.299 e. The highest BCUT2D eigenvalue weighted by Crippen LogP contribution is 2.28. The van der Waals surface area contributed by atoms with Gasteiger partial charge in [0.05, 0.1) is 17.2 Å². The normalized spacial score (nSPS) is 16.3. The Morgan fingerprint density at radius 3 is 2.72 bits per heavy atom. The Kier molecular flexibility index (Phi) is 4.62. The first-order chi connectivity index (χ1) is 12.0. The predicted molar refractivity (Wildman–Crippen MR) is 92.0 cm³/mol. The van der Waals surface area contributed by atoms with E-state index in [1.54, 1.807) is 43.3 Å². The van der Waals surface area contributed by atoms with Crippen molar-refractivity contribution in [1.82, 2.24) is 5.01 Å². The van der Waals surface area contributed by atoms with E-state index >= 15 is 0 Å². The molecule has 0 radical (unpaired) electrons. The van der Waals surface area contributed by atoms with Gasteiger partial charge in [-0.15, -0.1) is 0 Å². The molecule has 2 aromatic rings. The van der Waals surface area contributed by atoms with Crippen LogP contribution in [0.25, 0.3) is 0 Å². The van der Waals surface area contributed by atoms with Crippen molar-refractivity contribution in [3.8, 4) is 0 Å². The fraction of sp³-hybridized carbons (Fsp3) is 0.188. The molecule has 0 spiro atoms. The first-order valence-electron chi connectivity index (χ1n) is 7.42. The van der Waals surface area contributed by atoms with E-state index in [4.69, 9.17) is 11.6 Å². The molecule has 2 aromatic carbocycles. The van der Waals surface area contributed by atoms with Crippen LogP contribution in [0.3, 0.4) is 0 Å². The summed E-state index contributed by atoms with van der Waals surface area (Å²) in [7, 11) is 0. The topological polar surface area (TPSA) is 91.4 Å². The number of benzene rings is 2. The maximum Gasteiger partial charge on any atom is 0.272 e. The smallest absolute Gasteiger partial charge is 0.272 e. The number of anilines is 1. The zero-order valence-corrected chi connectivity index (χ0v) is 14.0. The monoisotopic (exact) mass is 359 g/mol. The van der Waals surface area contributed by atoms with Gasteiger partial charge in [-0.2, -0.15) is 0 Å². The van der Waals surface area contributed by atoms with Gasteiger partial charge < -0.3 is 0 Å². The number of carbonyl (C=O) groups excluding carboxylic acids is 1. The minimum atomic E-state index is -0.714. The van der Waals surface area contributed by atoms with Crippen molar-refractivity contribution in [3.05, 3.63) is 68.7 Å². The maximum absolute atomic E-state index is 11.6. The fourth-order valence-electron chi connectivity index (χ4n) is 2.61. The average molecular weight is 360 g/mol. The lowest BCUT2D eigenvalue weighted by Crippen LogP contribution is -2.39. The van der Waals surface area contributed by atoms with Crippen LogP contribution in [0, 0.1) is 17.0 Å². The molecule has 3 rings (SSSR count). The SMILES string of the molecule is Cc1cc(CN2N=NN(c3cccc(Cl)c3)C2C=O)ccc1[N+](=O)[O-]. The summed E-state index contributed by atoms with van der Waals surface area (Å²) in [4.78, 5) is 22.0. The zero-order chi connectivity index (χ0) is 18.0. The number of rotatable bonds is 5. The Balaban J connectivity index is 1.80. The molecule has 128 valence electrons. The number of aryl methyl sites for hydroxylation is 1. The number of nitro benzene ring substituents is 1. The molecule has 1 atom stereocenters. The van der Waals surface area contributed by atoms with Crippen LogP contribution in [-0.4, -0.2) is 22.4 Å². The molecule has 1 heterocycles. The summed E-state index contributed by atoms with van der Waals surface area (Å²) >= 11 is 5.98. The van der Waals surface area contributed by atoms with Gasteiger partial charge in [0, 0.05) is 16.7 Å². The molecule has 0 aliphatic carbocycles. The van der Waals surface area contributed by atoms with Gasteiger partial charge in [0.15, 0.2) is 12.5 Å². The Bertz CT molecular complexity index is 857. The molecule has 8 nitrogen and oxygen atoms in total. The molecule has 0 bridgehead atoms. The van der Waals surface area contributed by atoms with Crippen molar-refractivity contribution in [3.63, 3.8) is 0 Å². The van der Waals surface area contributed by atoms with Gasteiger partial charge in [-0.25, -0.2) is 10.0 Å². The molecule has 25 heavy (non-hydrogen) atoms. The highest BCUT2D eigenvalue weighted by molar-refractivity contribution is 6.30. The van der Waals surface area contributed by atoms with Gasteiger partial charge in [0.1, 0.15) is 0 Å². The van der Waals surface area contributed by atoms with Crippen LogP contribution >= 0.6 is 11.6 Å². The second-order valence-corrected chi connectivity index (χ2v) is 5.96. The van der Waals surface area contributed by atoms with Crippen LogP contribution in [0.4, 0.5) is 11.4 Å². The average Bonchev–Trinajstić information content (AvgIpc) is 2.97. The van der Waals surface area contributed by atoms with E-state index in [0.29, 0.717) is 22.8 Å². The summed E-state index contributed by atoms with van der Waals surface area (Å²) in [5.74, 6) is 0. The Morgan fingerprint density at radius 2 is 2.08 bits per heavy atom. The summed E-state index contributed by atoms with van der Waals surface area (Å²) in [6.45, 7) is 1.96. The molecule has 0 saturated heterocycles. The van der Waals surface area contributed by atoms with E-state index in [2.05, 4.69) is 10.4 Å². The summed E-state index contributed by atoms with van der Waals surface area (Å²) in [5.41, 5.74) is 2.05. The number of nitro groups is 1. The van der Waals surface area contributed by atoms with Gasteiger partial charge in [-0.3, -0.25) is 14.9 Å². The third-order valence-electron chi connectivity index (χ3n) is 3.80. The van der Waals surface area contributed by atoms with Crippen LogP contribution in [0.15, 0.2) is 52.9 Å². The van der Waals surface area contributed by atoms with Crippen molar-refractivity contribution in [2.45, 2.75) is 19.6 Å². The molecule has 9 heteroatoms. The number of hydrogen-bond acceptors (Lipinski definition) is 7. The second-order valence-electron chi connectivity index (χ2n) is 5.53.